The largest absolute Gasteiger partial charge is 0.114 e. The molecule has 5 heteroatoms. The van der Waals surface area contributed by atoms with Crippen LogP contribution in [0.1, 0.15) is 83.1 Å². The molecule has 5 heterocycles. The Bertz CT molecular complexity index is 686. The lowest BCUT2D eigenvalue weighted by molar-refractivity contribution is 0.295. The van der Waals surface area contributed by atoms with Crippen molar-refractivity contribution in [2.24, 2.45) is 21.7 Å². The Labute approximate surface area is 165 Å². The molecule has 5 aliphatic heterocycles. The molecule has 0 radical (unpaired) electrons. The molecular weight excluding hydrogens is 396 g/mol. The van der Waals surface area contributed by atoms with Gasteiger partial charge in [0, 0.05) is 9.79 Å². The van der Waals surface area contributed by atoms with Gasteiger partial charge < -0.3 is 0 Å². The maximum Gasteiger partial charge on any atom is 0.0777 e. The molecule has 0 spiro atoms. The average molecular weight is 432 g/mol. The predicted octanol–water partition coefficient (Wildman–Crippen LogP) is 9.36. The van der Waals surface area contributed by atoms with E-state index < -0.39 is 0 Å². The molecule has 4 saturated heterocycles. The van der Waals surface area contributed by atoms with E-state index in [1.54, 1.807) is 0 Å². The van der Waals surface area contributed by atoms with Crippen LogP contribution in [-0.4, -0.2) is 19.1 Å². The summed E-state index contributed by atoms with van der Waals surface area (Å²) in [5.74, 6) is 0. The van der Waals surface area contributed by atoms with Crippen LogP contribution in [0.3, 0.4) is 0 Å². The first-order chi connectivity index (χ1) is 10.9. The number of rotatable bonds is 0. The van der Waals surface area contributed by atoms with Gasteiger partial charge in [0.2, 0.25) is 0 Å². The highest BCUT2D eigenvalue weighted by Gasteiger charge is 3.04. The third kappa shape index (κ3) is 1.77. The van der Waals surface area contributed by atoms with E-state index >= 15 is 0 Å². The second-order valence-electron chi connectivity index (χ2n) is 12.4. The molecule has 5 rings (SSSR count). The highest BCUT2D eigenvalue weighted by Crippen LogP contribution is 3.31. The lowest BCUT2D eigenvalue weighted by Gasteiger charge is -2.46. The third-order valence-electron chi connectivity index (χ3n) is 6.61. The molecule has 6 atom stereocenters. The van der Waals surface area contributed by atoms with Gasteiger partial charge in [-0.1, -0.05) is 91.0 Å². The zero-order valence-corrected chi connectivity index (χ0v) is 22.6. The van der Waals surface area contributed by atoms with Crippen LogP contribution < -0.4 is 0 Å². The van der Waals surface area contributed by atoms with Crippen molar-refractivity contribution in [1.29, 1.82) is 0 Å². The highest BCUT2D eigenvalue weighted by atomic mass is 32.7. The van der Waals surface area contributed by atoms with Gasteiger partial charge in [-0.3, -0.25) is 0 Å². The van der Waals surface area contributed by atoms with Crippen LogP contribution in [0, 0.1) is 21.7 Å². The van der Waals surface area contributed by atoms with Gasteiger partial charge in [-0.15, -0.1) is 11.4 Å². The normalized spacial score (nSPS) is 48.8. The van der Waals surface area contributed by atoms with Crippen molar-refractivity contribution >= 4 is 47.0 Å². The summed E-state index contributed by atoms with van der Waals surface area (Å²) in [5.41, 5.74) is 1.73. The lowest BCUT2D eigenvalue weighted by Crippen LogP contribution is -2.42. The average Bonchev–Trinajstić information content (AvgIpc) is 2.67. The van der Waals surface area contributed by atoms with E-state index in [2.05, 4.69) is 94.5 Å². The summed E-state index contributed by atoms with van der Waals surface area (Å²) in [4.78, 5) is 1.34. The van der Waals surface area contributed by atoms with Crippen molar-refractivity contribution in [3.05, 3.63) is 0 Å². The van der Waals surface area contributed by atoms with Crippen molar-refractivity contribution in [3.63, 3.8) is 0 Å². The number of hydrogen-bond donors (Lipinski definition) is 0. The Morgan fingerprint density at radius 3 is 1.56 bits per heavy atom. The first-order valence-electron chi connectivity index (χ1n) is 9.63. The maximum absolute atomic E-state index is 2.60. The van der Waals surface area contributed by atoms with Crippen LogP contribution in [-0.2, 0) is 0 Å². The molecule has 25 heavy (non-hydrogen) atoms. The fourth-order valence-corrected chi connectivity index (χ4v) is 49.2. The molecule has 6 unspecified atom stereocenters. The van der Waals surface area contributed by atoms with Gasteiger partial charge in [-0.25, -0.2) is 0 Å². The van der Waals surface area contributed by atoms with E-state index in [0.29, 0.717) is 35.7 Å². The second kappa shape index (κ2) is 4.75. The molecule has 5 aliphatic rings. The van der Waals surface area contributed by atoms with E-state index in [9.17, 15) is 0 Å². The van der Waals surface area contributed by atoms with Gasteiger partial charge in [-0.2, -0.15) is 0 Å². The van der Waals surface area contributed by atoms with Crippen molar-refractivity contribution < 1.29 is 0 Å². The van der Waals surface area contributed by atoms with Gasteiger partial charge in [0.25, 0.3) is 0 Å². The molecule has 0 saturated carbocycles. The first kappa shape index (κ1) is 20.1. The minimum absolute atomic E-state index is 0.0272. The molecule has 0 aromatic heterocycles. The third-order valence-corrected chi connectivity index (χ3v) is 34.8. The van der Waals surface area contributed by atoms with Crippen LogP contribution >= 0.6 is 41.9 Å². The van der Waals surface area contributed by atoms with Crippen LogP contribution in [0.4, 0.5) is 0 Å². The topological polar surface area (TPSA) is 0 Å². The maximum atomic E-state index is 2.60. The van der Waals surface area contributed by atoms with Crippen LogP contribution in [0.25, 0.3) is 0 Å². The first-order valence-corrected chi connectivity index (χ1v) is 16.7. The summed E-state index contributed by atoms with van der Waals surface area (Å²) in [5, 5.41) is 1.99. The monoisotopic (exact) mass is 432 g/mol. The zero-order valence-electron chi connectivity index (χ0n) is 18.2. The van der Waals surface area contributed by atoms with E-state index in [0.717, 1.165) is 0 Å². The molecule has 6 bridgehead atoms. The highest BCUT2D eigenvalue weighted by molar-refractivity contribution is 8.77. The Balaban J connectivity index is 2.05. The van der Waals surface area contributed by atoms with E-state index in [4.69, 9.17) is 0 Å². The fourth-order valence-electron chi connectivity index (χ4n) is 5.83. The summed E-state index contributed by atoms with van der Waals surface area (Å²) >= 11 is 2.57. The summed E-state index contributed by atoms with van der Waals surface area (Å²) in [6.45, 7) is 30.9. The molecule has 0 aliphatic carbocycles. The second-order valence-corrected chi connectivity index (χ2v) is 25.7. The molecule has 142 valence electrons. The SMILES string of the molecule is CC(C)(C)C1=PP2C3(C(C)(C)C)SP4C2(C(C)(C)C)C4(C(C)(C)C)P13. The van der Waals surface area contributed by atoms with Crippen LogP contribution in [0.15, 0.2) is 0 Å². The standard InChI is InChI=1S/C20H36P4S/c1-14(2,3)13-21-23-19(16(7,8)9)18(15(4,5)6)22(13)20(23,17(10,11)12)25-24(18)19/h1-12H3. The van der Waals surface area contributed by atoms with E-state index in [-0.39, 0.29) is 22.7 Å². The van der Waals surface area contributed by atoms with Crippen molar-refractivity contribution in [2.45, 2.75) is 97.1 Å². The Hall–Kier alpha value is 1.81. The quantitative estimate of drug-likeness (QED) is 0.344. The van der Waals surface area contributed by atoms with Crippen molar-refractivity contribution in [2.75, 3.05) is 0 Å². The van der Waals surface area contributed by atoms with Gasteiger partial charge in [0.15, 0.2) is 0 Å². The lowest BCUT2D eigenvalue weighted by atomic mass is 9.80. The fraction of sp³-hybridized carbons (Fsp3) is 0.950. The number of hydrogen-bond acceptors (Lipinski definition) is 1. The van der Waals surface area contributed by atoms with Gasteiger partial charge in [0.05, 0.1) is 4.23 Å². The Morgan fingerprint density at radius 1 is 0.720 bits per heavy atom. The molecule has 0 aromatic rings. The van der Waals surface area contributed by atoms with Gasteiger partial charge in [-0.05, 0) is 49.3 Å². The van der Waals surface area contributed by atoms with E-state index in [1.165, 1.54) is 0 Å². The summed E-state index contributed by atoms with van der Waals surface area (Å²) in [6.07, 6.45) is 0. The van der Waals surface area contributed by atoms with Crippen LogP contribution in [0.2, 0.25) is 0 Å². The molecule has 4 fully saturated rings. The minimum Gasteiger partial charge on any atom is -0.114 e. The summed E-state index contributed by atoms with van der Waals surface area (Å²) in [7, 11) is 1.95. The van der Waals surface area contributed by atoms with E-state index in [1.807, 2.05) is 12.9 Å². The predicted molar refractivity (Wildman–Crippen MR) is 126 cm³/mol. The molecule has 0 nitrogen and oxygen atoms in total. The van der Waals surface area contributed by atoms with Crippen LogP contribution in [0.5, 0.6) is 0 Å². The van der Waals surface area contributed by atoms with Gasteiger partial charge >= 0.3 is 0 Å². The molecular formula is C20H36P4S. The van der Waals surface area contributed by atoms with Gasteiger partial charge in [0.1, 0.15) is 0 Å². The Morgan fingerprint density at radius 2 is 1.20 bits per heavy atom. The zero-order chi connectivity index (χ0) is 19.2. The molecule has 0 aromatic carbocycles. The molecule has 0 N–H and O–H groups in total. The van der Waals surface area contributed by atoms with Crippen molar-refractivity contribution in [1.82, 2.24) is 0 Å². The minimum atomic E-state index is -0.0272. The molecule has 0 amide bonds. The summed E-state index contributed by atoms with van der Waals surface area (Å²) < 4.78 is 0.605. The smallest absolute Gasteiger partial charge is 0.0777 e. The summed E-state index contributed by atoms with van der Waals surface area (Å²) in [6, 6.07) is 0. The Kier molecular flexibility index (Phi) is 3.82. The van der Waals surface area contributed by atoms with Crippen molar-refractivity contribution in [3.8, 4) is 0 Å².